The number of fused-ring (bicyclic) bond motifs is 3. The fourth-order valence-electron chi connectivity index (χ4n) is 6.44. The molecule has 1 fully saturated rings. The number of phenolic OH excluding ortho intramolecular Hbond substituents is 1. The van der Waals surface area contributed by atoms with Crippen LogP contribution in [0.15, 0.2) is 83.0 Å². The van der Waals surface area contributed by atoms with Crippen LogP contribution >= 0.6 is 0 Å². The number of allylic oxidation sites excluding steroid dienone is 6. The van der Waals surface area contributed by atoms with Crippen molar-refractivity contribution in [2.45, 2.75) is 25.7 Å². The molecule has 2 aromatic rings. The standard InChI is InChI=1S/C30H23NO7/c1-14-11-23(33)22-13-21-19(24(26(22)27(14)34)15-5-7-18(32)8-6-15)9-10-20-25(21)29(36)31(28(20)35)17-4-2-3-16(12-17)30(37)38/h2-9,11-12,20-21,24-25,32H,10,13H2,1H3,(H,37,38)/t20-,21+,24-,25-/m0/s1. The van der Waals surface area contributed by atoms with Crippen LogP contribution in [0.1, 0.15) is 41.6 Å². The first-order chi connectivity index (χ1) is 18.2. The summed E-state index contributed by atoms with van der Waals surface area (Å²) in [6.45, 7) is 1.61. The number of aromatic hydroxyl groups is 1. The van der Waals surface area contributed by atoms with Gasteiger partial charge in [0.1, 0.15) is 5.75 Å². The number of carboxylic acids is 1. The molecule has 0 radical (unpaired) electrons. The highest BCUT2D eigenvalue weighted by molar-refractivity contribution is 6.25. The van der Waals surface area contributed by atoms with Gasteiger partial charge in [0.25, 0.3) is 0 Å². The number of anilines is 1. The third-order valence-corrected chi connectivity index (χ3v) is 8.14. The molecule has 0 aromatic heterocycles. The first kappa shape index (κ1) is 23.8. The fraction of sp³-hybridized carbons (Fsp3) is 0.233. The van der Waals surface area contributed by atoms with Crippen molar-refractivity contribution in [3.05, 3.63) is 94.1 Å². The molecule has 2 aromatic carbocycles. The number of carbonyl (C=O) groups excluding carboxylic acids is 4. The number of phenols is 1. The number of hydrogen-bond acceptors (Lipinski definition) is 6. The topological polar surface area (TPSA) is 129 Å². The van der Waals surface area contributed by atoms with Gasteiger partial charge < -0.3 is 10.2 Å². The predicted molar refractivity (Wildman–Crippen MR) is 135 cm³/mol. The minimum atomic E-state index is -1.17. The quantitative estimate of drug-likeness (QED) is 0.366. The highest BCUT2D eigenvalue weighted by Crippen LogP contribution is 2.55. The molecule has 6 rings (SSSR count). The largest absolute Gasteiger partial charge is 0.508 e. The molecule has 0 saturated carbocycles. The summed E-state index contributed by atoms with van der Waals surface area (Å²) in [5.74, 6) is -4.92. The molecule has 4 aliphatic rings. The van der Waals surface area contributed by atoms with Crippen molar-refractivity contribution >= 4 is 35.0 Å². The van der Waals surface area contributed by atoms with E-state index in [1.807, 2.05) is 6.08 Å². The average Bonchev–Trinajstić information content (AvgIpc) is 3.16. The van der Waals surface area contributed by atoms with Crippen molar-refractivity contribution < 1.29 is 34.2 Å². The molecule has 2 amide bonds. The molecule has 0 spiro atoms. The maximum absolute atomic E-state index is 13.8. The Labute approximate surface area is 217 Å². The van der Waals surface area contributed by atoms with E-state index in [2.05, 4.69) is 0 Å². The number of hydrogen-bond donors (Lipinski definition) is 2. The number of amides is 2. The summed E-state index contributed by atoms with van der Waals surface area (Å²) in [4.78, 5) is 66.4. The third-order valence-electron chi connectivity index (χ3n) is 8.14. The van der Waals surface area contributed by atoms with Crippen LogP contribution in [-0.2, 0) is 19.2 Å². The number of rotatable bonds is 3. The van der Waals surface area contributed by atoms with Crippen LogP contribution in [0.5, 0.6) is 5.75 Å². The highest BCUT2D eigenvalue weighted by atomic mass is 16.4. The zero-order valence-electron chi connectivity index (χ0n) is 20.4. The van der Waals surface area contributed by atoms with Gasteiger partial charge in [0.15, 0.2) is 11.6 Å². The molecule has 1 saturated heterocycles. The Hall–Kier alpha value is -4.59. The van der Waals surface area contributed by atoms with Gasteiger partial charge in [-0.3, -0.25) is 24.1 Å². The van der Waals surface area contributed by atoms with Gasteiger partial charge in [-0.15, -0.1) is 0 Å². The van der Waals surface area contributed by atoms with Gasteiger partial charge in [0.05, 0.1) is 23.1 Å². The normalized spacial score (nSPS) is 26.5. The minimum absolute atomic E-state index is 0.0369. The van der Waals surface area contributed by atoms with E-state index < -0.39 is 41.5 Å². The molecule has 0 unspecified atom stereocenters. The number of Topliss-reactive ketones (excluding diaryl/α,β-unsaturated/α-hetero) is 1. The Morgan fingerprint density at radius 1 is 0.974 bits per heavy atom. The van der Waals surface area contributed by atoms with Gasteiger partial charge in [-0.1, -0.05) is 29.8 Å². The highest BCUT2D eigenvalue weighted by Gasteiger charge is 2.56. The SMILES string of the molecule is CC1=CC(=O)C2=C(C1=O)[C@@H](c1ccc(O)cc1)C1=CC[C@@H]3C(=O)N(c4cccc(C(=O)O)c4)C(=O)[C@@H]3[C@@H]1C2. The number of nitrogens with zero attached hydrogens (tertiary/aromatic N) is 1. The lowest BCUT2D eigenvalue weighted by Gasteiger charge is -2.42. The van der Waals surface area contributed by atoms with Crippen molar-refractivity contribution in [1.29, 1.82) is 0 Å². The second-order valence-corrected chi connectivity index (χ2v) is 10.2. The second kappa shape index (κ2) is 8.48. The van der Waals surface area contributed by atoms with Crippen molar-refractivity contribution in [2.75, 3.05) is 4.90 Å². The van der Waals surface area contributed by atoms with E-state index in [0.717, 1.165) is 10.5 Å². The molecule has 8 heteroatoms. The van der Waals surface area contributed by atoms with Crippen molar-refractivity contribution in [3.8, 4) is 5.75 Å². The van der Waals surface area contributed by atoms with Crippen molar-refractivity contribution in [3.63, 3.8) is 0 Å². The van der Waals surface area contributed by atoms with Gasteiger partial charge in [-0.05, 0) is 67.7 Å². The molecule has 2 N–H and O–H groups in total. The van der Waals surface area contributed by atoms with Crippen molar-refractivity contribution in [1.82, 2.24) is 0 Å². The van der Waals surface area contributed by atoms with Crippen LogP contribution in [-0.4, -0.2) is 39.6 Å². The smallest absolute Gasteiger partial charge is 0.335 e. The Morgan fingerprint density at radius 3 is 2.42 bits per heavy atom. The molecule has 1 heterocycles. The van der Waals surface area contributed by atoms with Crippen LogP contribution in [0.2, 0.25) is 0 Å². The van der Waals surface area contributed by atoms with Crippen molar-refractivity contribution in [2.24, 2.45) is 17.8 Å². The van der Waals surface area contributed by atoms with E-state index >= 15 is 0 Å². The molecule has 1 aliphatic heterocycles. The van der Waals surface area contributed by atoms with Crippen LogP contribution in [0, 0.1) is 17.8 Å². The molecule has 0 bridgehead atoms. The number of benzene rings is 2. The summed E-state index contributed by atoms with van der Waals surface area (Å²) in [5, 5.41) is 19.2. The maximum atomic E-state index is 13.8. The summed E-state index contributed by atoms with van der Waals surface area (Å²) >= 11 is 0. The van der Waals surface area contributed by atoms with Crippen LogP contribution in [0.25, 0.3) is 0 Å². The number of ketones is 2. The summed E-state index contributed by atoms with van der Waals surface area (Å²) < 4.78 is 0. The Bertz CT molecular complexity index is 1560. The molecular weight excluding hydrogens is 486 g/mol. The summed E-state index contributed by atoms with van der Waals surface area (Å²) in [7, 11) is 0. The molecular formula is C30H23NO7. The van der Waals surface area contributed by atoms with Crippen LogP contribution in [0.4, 0.5) is 5.69 Å². The molecule has 4 atom stereocenters. The lowest BCUT2D eigenvalue weighted by Crippen LogP contribution is -2.39. The van der Waals surface area contributed by atoms with Gasteiger partial charge in [-0.25, -0.2) is 4.79 Å². The zero-order valence-corrected chi connectivity index (χ0v) is 20.4. The molecule has 3 aliphatic carbocycles. The molecule has 190 valence electrons. The van der Waals surface area contributed by atoms with Crippen LogP contribution in [0.3, 0.4) is 0 Å². The fourth-order valence-corrected chi connectivity index (χ4v) is 6.44. The van der Waals surface area contributed by atoms with Crippen LogP contribution < -0.4 is 4.90 Å². The minimum Gasteiger partial charge on any atom is -0.508 e. The second-order valence-electron chi connectivity index (χ2n) is 10.2. The van der Waals surface area contributed by atoms with Gasteiger partial charge in [0.2, 0.25) is 11.8 Å². The summed E-state index contributed by atoms with van der Waals surface area (Å²) in [6.07, 6.45) is 3.69. The lowest BCUT2D eigenvalue weighted by atomic mass is 9.59. The monoisotopic (exact) mass is 509 g/mol. The first-order valence-electron chi connectivity index (χ1n) is 12.4. The summed E-state index contributed by atoms with van der Waals surface area (Å²) in [6, 6.07) is 12.2. The predicted octanol–water partition coefficient (Wildman–Crippen LogP) is 3.72. The Balaban J connectivity index is 1.46. The number of aromatic carboxylic acids is 1. The average molecular weight is 510 g/mol. The first-order valence-corrected chi connectivity index (χ1v) is 12.4. The third kappa shape index (κ3) is 3.40. The Kier molecular flexibility index (Phi) is 5.31. The van der Waals surface area contributed by atoms with E-state index in [1.54, 1.807) is 19.1 Å². The number of carbonyl (C=O) groups is 5. The zero-order chi connectivity index (χ0) is 26.9. The van der Waals surface area contributed by atoms with Gasteiger partial charge in [-0.2, -0.15) is 0 Å². The number of imide groups is 1. The summed E-state index contributed by atoms with van der Waals surface area (Å²) in [5.41, 5.74) is 2.78. The van der Waals surface area contributed by atoms with E-state index in [4.69, 9.17) is 0 Å². The van der Waals surface area contributed by atoms with E-state index in [1.165, 1.54) is 42.5 Å². The maximum Gasteiger partial charge on any atom is 0.335 e. The van der Waals surface area contributed by atoms with Gasteiger partial charge >= 0.3 is 5.97 Å². The molecule has 8 nitrogen and oxygen atoms in total. The van der Waals surface area contributed by atoms with E-state index in [-0.39, 0.29) is 41.4 Å². The Morgan fingerprint density at radius 2 is 1.71 bits per heavy atom. The van der Waals surface area contributed by atoms with E-state index in [9.17, 15) is 34.2 Å². The lowest BCUT2D eigenvalue weighted by molar-refractivity contribution is -0.123. The van der Waals surface area contributed by atoms with E-state index in [0.29, 0.717) is 22.3 Å². The number of carboxylic acid groups (broad SMARTS) is 1. The molecule has 38 heavy (non-hydrogen) atoms. The van der Waals surface area contributed by atoms with Gasteiger partial charge in [0, 0.05) is 22.6 Å².